The lowest BCUT2D eigenvalue weighted by molar-refractivity contribution is 0.0690. The summed E-state index contributed by atoms with van der Waals surface area (Å²) in [6.45, 7) is 2.90. The molecule has 0 bridgehead atoms. The SMILES string of the molecule is CC1CCCCCN1C(=O)c1ccc(N)nn1. The second kappa shape index (κ2) is 5.12. The molecule has 1 atom stereocenters. The van der Waals surface area contributed by atoms with Crippen molar-refractivity contribution in [1.82, 2.24) is 15.1 Å². The van der Waals surface area contributed by atoms with Gasteiger partial charge in [-0.2, -0.15) is 0 Å². The molecule has 2 N–H and O–H groups in total. The Morgan fingerprint density at radius 3 is 2.88 bits per heavy atom. The maximum Gasteiger partial charge on any atom is 0.274 e. The van der Waals surface area contributed by atoms with Crippen molar-refractivity contribution in [2.75, 3.05) is 12.3 Å². The summed E-state index contributed by atoms with van der Waals surface area (Å²) in [5, 5.41) is 7.58. The molecule has 1 aliphatic heterocycles. The number of likely N-dealkylation sites (tertiary alicyclic amines) is 1. The van der Waals surface area contributed by atoms with E-state index in [0.29, 0.717) is 11.5 Å². The number of nitrogen functional groups attached to an aromatic ring is 1. The number of hydrogen-bond donors (Lipinski definition) is 1. The number of aromatic nitrogens is 2. The van der Waals surface area contributed by atoms with Crippen molar-refractivity contribution in [1.29, 1.82) is 0 Å². The molecule has 0 aliphatic carbocycles. The summed E-state index contributed by atoms with van der Waals surface area (Å²) < 4.78 is 0. The van der Waals surface area contributed by atoms with E-state index >= 15 is 0 Å². The zero-order valence-electron chi connectivity index (χ0n) is 10.1. The number of amides is 1. The number of anilines is 1. The fourth-order valence-corrected chi connectivity index (χ4v) is 2.18. The first-order valence-corrected chi connectivity index (χ1v) is 6.08. The molecular formula is C12H18N4O. The minimum absolute atomic E-state index is 0.0353. The van der Waals surface area contributed by atoms with E-state index in [1.54, 1.807) is 12.1 Å². The van der Waals surface area contributed by atoms with Gasteiger partial charge in [-0.05, 0) is 31.9 Å². The lowest BCUT2D eigenvalue weighted by atomic mass is 10.1. The quantitative estimate of drug-likeness (QED) is 0.798. The lowest BCUT2D eigenvalue weighted by Crippen LogP contribution is -2.38. The molecular weight excluding hydrogens is 216 g/mol. The molecule has 1 aliphatic rings. The fourth-order valence-electron chi connectivity index (χ4n) is 2.18. The maximum absolute atomic E-state index is 12.3. The van der Waals surface area contributed by atoms with E-state index in [0.717, 1.165) is 19.4 Å². The van der Waals surface area contributed by atoms with Gasteiger partial charge in [-0.3, -0.25) is 4.79 Å². The summed E-state index contributed by atoms with van der Waals surface area (Å²) in [5.41, 5.74) is 5.84. The van der Waals surface area contributed by atoms with Crippen LogP contribution in [0.5, 0.6) is 0 Å². The molecule has 1 saturated heterocycles. The van der Waals surface area contributed by atoms with Crippen molar-refractivity contribution in [3.8, 4) is 0 Å². The van der Waals surface area contributed by atoms with E-state index < -0.39 is 0 Å². The van der Waals surface area contributed by atoms with Crippen LogP contribution in [0.4, 0.5) is 5.82 Å². The zero-order chi connectivity index (χ0) is 12.3. The van der Waals surface area contributed by atoms with Crippen molar-refractivity contribution >= 4 is 11.7 Å². The molecule has 1 fully saturated rings. The first-order valence-electron chi connectivity index (χ1n) is 6.08. The lowest BCUT2D eigenvalue weighted by Gasteiger charge is -2.26. The molecule has 5 nitrogen and oxygen atoms in total. The Labute approximate surface area is 101 Å². The van der Waals surface area contributed by atoms with Crippen molar-refractivity contribution in [3.05, 3.63) is 17.8 Å². The van der Waals surface area contributed by atoms with Gasteiger partial charge in [-0.25, -0.2) is 0 Å². The molecule has 1 amide bonds. The van der Waals surface area contributed by atoms with Crippen LogP contribution in [0.15, 0.2) is 12.1 Å². The van der Waals surface area contributed by atoms with Gasteiger partial charge in [-0.15, -0.1) is 10.2 Å². The monoisotopic (exact) mass is 234 g/mol. The van der Waals surface area contributed by atoms with Gasteiger partial charge < -0.3 is 10.6 Å². The third-order valence-electron chi connectivity index (χ3n) is 3.22. The molecule has 2 rings (SSSR count). The van der Waals surface area contributed by atoms with Gasteiger partial charge in [0.15, 0.2) is 5.69 Å². The van der Waals surface area contributed by atoms with Crippen LogP contribution >= 0.6 is 0 Å². The number of nitrogens with two attached hydrogens (primary N) is 1. The van der Waals surface area contributed by atoms with Crippen LogP contribution in [-0.2, 0) is 0 Å². The van der Waals surface area contributed by atoms with Crippen LogP contribution in [0.1, 0.15) is 43.1 Å². The highest BCUT2D eigenvalue weighted by Gasteiger charge is 2.23. The summed E-state index contributed by atoms with van der Waals surface area (Å²) in [6, 6.07) is 3.54. The van der Waals surface area contributed by atoms with Gasteiger partial charge in [0.2, 0.25) is 0 Å². The second-order valence-electron chi connectivity index (χ2n) is 4.54. The van der Waals surface area contributed by atoms with Gasteiger partial charge in [0.1, 0.15) is 5.82 Å². The number of hydrogen-bond acceptors (Lipinski definition) is 4. The summed E-state index contributed by atoms with van der Waals surface area (Å²) in [5.74, 6) is 0.303. The molecule has 17 heavy (non-hydrogen) atoms. The summed E-state index contributed by atoms with van der Waals surface area (Å²) in [6.07, 6.45) is 4.52. The molecule has 0 spiro atoms. The minimum Gasteiger partial charge on any atom is -0.382 e. The molecule has 2 heterocycles. The molecule has 1 aromatic rings. The van der Waals surface area contributed by atoms with Crippen LogP contribution in [-0.4, -0.2) is 33.6 Å². The standard InChI is InChI=1S/C12H18N4O/c1-9-5-3-2-4-8-16(9)12(17)10-6-7-11(13)15-14-10/h6-7,9H,2-5,8H2,1H3,(H2,13,15). The Hall–Kier alpha value is -1.65. The zero-order valence-corrected chi connectivity index (χ0v) is 10.1. The third kappa shape index (κ3) is 2.72. The largest absolute Gasteiger partial charge is 0.382 e. The van der Waals surface area contributed by atoms with Gasteiger partial charge >= 0.3 is 0 Å². The first-order chi connectivity index (χ1) is 8.18. The highest BCUT2D eigenvalue weighted by atomic mass is 16.2. The van der Waals surface area contributed by atoms with E-state index in [9.17, 15) is 4.79 Å². The van der Waals surface area contributed by atoms with E-state index in [-0.39, 0.29) is 11.9 Å². The molecule has 1 unspecified atom stereocenters. The Kier molecular flexibility index (Phi) is 3.56. The predicted molar refractivity (Wildman–Crippen MR) is 65.4 cm³/mol. The van der Waals surface area contributed by atoms with Gasteiger partial charge in [-0.1, -0.05) is 12.8 Å². The molecule has 1 aromatic heterocycles. The first kappa shape index (κ1) is 11.8. The summed E-state index contributed by atoms with van der Waals surface area (Å²) in [7, 11) is 0. The van der Waals surface area contributed by atoms with Gasteiger partial charge in [0.25, 0.3) is 5.91 Å². The Morgan fingerprint density at radius 1 is 1.35 bits per heavy atom. The average Bonchev–Trinajstić information content (AvgIpc) is 2.54. The number of carbonyl (C=O) groups excluding carboxylic acids is 1. The Morgan fingerprint density at radius 2 is 2.18 bits per heavy atom. The normalized spacial score (nSPS) is 21.0. The summed E-state index contributed by atoms with van der Waals surface area (Å²) in [4.78, 5) is 14.2. The second-order valence-corrected chi connectivity index (χ2v) is 4.54. The molecule has 0 saturated carbocycles. The van der Waals surface area contributed by atoms with Crippen LogP contribution < -0.4 is 5.73 Å². The van der Waals surface area contributed by atoms with E-state index in [4.69, 9.17) is 5.73 Å². The molecule has 92 valence electrons. The Bertz CT molecular complexity index is 390. The molecule has 0 radical (unpaired) electrons. The van der Waals surface area contributed by atoms with Crippen molar-refractivity contribution < 1.29 is 4.79 Å². The topological polar surface area (TPSA) is 72.1 Å². The highest BCUT2D eigenvalue weighted by Crippen LogP contribution is 2.18. The molecule has 0 aromatic carbocycles. The number of carbonyl (C=O) groups is 1. The molecule has 5 heteroatoms. The van der Waals surface area contributed by atoms with E-state index in [1.807, 2.05) is 4.90 Å². The smallest absolute Gasteiger partial charge is 0.274 e. The predicted octanol–water partition coefficient (Wildman–Crippen LogP) is 1.46. The highest BCUT2D eigenvalue weighted by molar-refractivity contribution is 5.92. The van der Waals surface area contributed by atoms with Crippen LogP contribution in [0.2, 0.25) is 0 Å². The van der Waals surface area contributed by atoms with E-state index in [1.165, 1.54) is 12.8 Å². The average molecular weight is 234 g/mol. The van der Waals surface area contributed by atoms with Crippen molar-refractivity contribution in [2.45, 2.75) is 38.6 Å². The number of nitrogens with zero attached hydrogens (tertiary/aromatic N) is 3. The maximum atomic E-state index is 12.3. The van der Waals surface area contributed by atoms with E-state index in [2.05, 4.69) is 17.1 Å². The van der Waals surface area contributed by atoms with Crippen LogP contribution in [0, 0.1) is 0 Å². The van der Waals surface area contributed by atoms with Crippen LogP contribution in [0.3, 0.4) is 0 Å². The van der Waals surface area contributed by atoms with Crippen molar-refractivity contribution in [2.24, 2.45) is 0 Å². The fraction of sp³-hybridized carbons (Fsp3) is 0.583. The van der Waals surface area contributed by atoms with Crippen molar-refractivity contribution in [3.63, 3.8) is 0 Å². The third-order valence-corrected chi connectivity index (χ3v) is 3.22. The number of rotatable bonds is 1. The van der Waals surface area contributed by atoms with Gasteiger partial charge in [0, 0.05) is 12.6 Å². The minimum atomic E-state index is -0.0353. The summed E-state index contributed by atoms with van der Waals surface area (Å²) >= 11 is 0. The van der Waals surface area contributed by atoms with Gasteiger partial charge in [0.05, 0.1) is 0 Å². The van der Waals surface area contributed by atoms with Crippen LogP contribution in [0.25, 0.3) is 0 Å². The Balaban J connectivity index is 2.15.